The predicted molar refractivity (Wildman–Crippen MR) is 71.9 cm³/mol. The number of hydrogen-bond acceptors (Lipinski definition) is 4. The van der Waals surface area contributed by atoms with Crippen LogP contribution < -0.4 is 10.6 Å². The molecule has 0 spiro atoms. The van der Waals surface area contributed by atoms with Gasteiger partial charge in [0.1, 0.15) is 0 Å². The number of amides is 2. The van der Waals surface area contributed by atoms with Crippen molar-refractivity contribution in [3.8, 4) is 0 Å². The maximum atomic E-state index is 14.2. The molecular formula is C13H17FN4O2. The summed E-state index contributed by atoms with van der Waals surface area (Å²) in [6.45, 7) is 3.40. The molecule has 2 amide bonds. The van der Waals surface area contributed by atoms with Gasteiger partial charge in [0.25, 0.3) is 5.91 Å². The third kappa shape index (κ3) is 3.04. The second-order valence-electron chi connectivity index (χ2n) is 4.44. The lowest BCUT2D eigenvalue weighted by Crippen LogP contribution is -2.34. The molecule has 1 aromatic heterocycles. The Morgan fingerprint density at radius 1 is 1.55 bits per heavy atom. The van der Waals surface area contributed by atoms with E-state index in [-0.39, 0.29) is 23.7 Å². The molecule has 0 saturated carbocycles. The van der Waals surface area contributed by atoms with E-state index < -0.39 is 11.7 Å². The number of halogens is 1. The Morgan fingerprint density at radius 3 is 3.10 bits per heavy atom. The maximum absolute atomic E-state index is 14.2. The maximum Gasteiger partial charge on any atom is 0.257 e. The average molecular weight is 280 g/mol. The van der Waals surface area contributed by atoms with Gasteiger partial charge in [0, 0.05) is 38.8 Å². The molecular weight excluding hydrogens is 263 g/mol. The van der Waals surface area contributed by atoms with E-state index in [2.05, 4.69) is 15.6 Å². The van der Waals surface area contributed by atoms with Gasteiger partial charge in [0.15, 0.2) is 11.6 Å². The summed E-state index contributed by atoms with van der Waals surface area (Å²) >= 11 is 0. The fourth-order valence-corrected chi connectivity index (χ4v) is 2.04. The molecule has 0 unspecified atom stereocenters. The van der Waals surface area contributed by atoms with Crippen molar-refractivity contribution in [3.63, 3.8) is 0 Å². The molecule has 0 aliphatic carbocycles. The summed E-state index contributed by atoms with van der Waals surface area (Å²) in [5.41, 5.74) is -0.0229. The smallest absolute Gasteiger partial charge is 0.257 e. The van der Waals surface area contributed by atoms with E-state index in [4.69, 9.17) is 0 Å². The van der Waals surface area contributed by atoms with Crippen molar-refractivity contribution in [3.05, 3.63) is 23.6 Å². The summed E-state index contributed by atoms with van der Waals surface area (Å²) < 4.78 is 14.2. The highest BCUT2D eigenvalue weighted by Crippen LogP contribution is 2.17. The van der Waals surface area contributed by atoms with E-state index in [1.165, 1.54) is 17.2 Å². The topological polar surface area (TPSA) is 74.3 Å². The first-order chi connectivity index (χ1) is 9.63. The fourth-order valence-electron chi connectivity index (χ4n) is 2.04. The van der Waals surface area contributed by atoms with Crippen molar-refractivity contribution >= 4 is 17.6 Å². The van der Waals surface area contributed by atoms with Gasteiger partial charge in [-0.3, -0.25) is 9.59 Å². The third-order valence-electron chi connectivity index (χ3n) is 3.06. The summed E-state index contributed by atoms with van der Waals surface area (Å²) in [5, 5.41) is 5.45. The van der Waals surface area contributed by atoms with Gasteiger partial charge < -0.3 is 15.5 Å². The van der Waals surface area contributed by atoms with E-state index in [1.807, 2.05) is 6.92 Å². The molecule has 2 heterocycles. The Bertz CT molecular complexity index is 521. The molecule has 7 heteroatoms. The predicted octanol–water partition coefficient (Wildman–Crippen LogP) is 0.615. The molecule has 2 rings (SSSR count). The number of anilines is 1. The van der Waals surface area contributed by atoms with Crippen molar-refractivity contribution in [1.82, 2.24) is 15.2 Å². The van der Waals surface area contributed by atoms with Gasteiger partial charge >= 0.3 is 0 Å². The van der Waals surface area contributed by atoms with Crippen LogP contribution in [0.4, 0.5) is 10.2 Å². The lowest BCUT2D eigenvalue weighted by atomic mass is 10.2. The number of carbonyl (C=O) groups excluding carboxylic acids is 2. The number of nitrogens with one attached hydrogen (secondary N) is 2. The second kappa shape index (κ2) is 6.31. The minimum absolute atomic E-state index is 0.0229. The minimum Gasteiger partial charge on any atom is -0.368 e. The van der Waals surface area contributed by atoms with Gasteiger partial charge in [0.05, 0.1) is 5.56 Å². The SMILES string of the molecule is CCNc1nccc(C(=O)N2CCNC(=O)CC2)c1F. The molecule has 0 atom stereocenters. The van der Waals surface area contributed by atoms with Crippen LogP contribution in [0.15, 0.2) is 12.3 Å². The van der Waals surface area contributed by atoms with Crippen LogP contribution in [0.2, 0.25) is 0 Å². The van der Waals surface area contributed by atoms with Crippen LogP contribution in [0.3, 0.4) is 0 Å². The molecule has 0 radical (unpaired) electrons. The van der Waals surface area contributed by atoms with Gasteiger partial charge in [0.2, 0.25) is 5.91 Å². The first kappa shape index (κ1) is 14.2. The lowest BCUT2D eigenvalue weighted by Gasteiger charge is -2.20. The Morgan fingerprint density at radius 2 is 2.35 bits per heavy atom. The number of pyridine rings is 1. The van der Waals surface area contributed by atoms with E-state index in [0.29, 0.717) is 26.2 Å². The molecule has 0 bridgehead atoms. The van der Waals surface area contributed by atoms with Crippen LogP contribution in [0.5, 0.6) is 0 Å². The van der Waals surface area contributed by atoms with E-state index in [0.717, 1.165) is 0 Å². The molecule has 1 fully saturated rings. The Kier molecular flexibility index (Phi) is 4.49. The molecule has 6 nitrogen and oxygen atoms in total. The van der Waals surface area contributed by atoms with Crippen LogP contribution in [0.25, 0.3) is 0 Å². The summed E-state index contributed by atoms with van der Waals surface area (Å²) in [4.78, 5) is 28.9. The van der Waals surface area contributed by atoms with Crippen LogP contribution in [-0.2, 0) is 4.79 Å². The third-order valence-corrected chi connectivity index (χ3v) is 3.06. The highest BCUT2D eigenvalue weighted by molar-refractivity contribution is 5.95. The first-order valence-electron chi connectivity index (χ1n) is 6.57. The molecule has 0 aromatic carbocycles. The number of hydrogen-bond donors (Lipinski definition) is 2. The summed E-state index contributed by atoms with van der Waals surface area (Å²) in [6.07, 6.45) is 1.63. The quantitative estimate of drug-likeness (QED) is 0.851. The Hall–Kier alpha value is -2.18. The van der Waals surface area contributed by atoms with Crippen molar-refractivity contribution in [2.75, 3.05) is 31.5 Å². The molecule has 1 aliphatic rings. The van der Waals surface area contributed by atoms with Crippen molar-refractivity contribution in [1.29, 1.82) is 0 Å². The normalized spacial score (nSPS) is 15.5. The number of nitrogens with zero attached hydrogens (tertiary/aromatic N) is 2. The monoisotopic (exact) mass is 280 g/mol. The second-order valence-corrected chi connectivity index (χ2v) is 4.44. The van der Waals surface area contributed by atoms with Gasteiger partial charge in [-0.1, -0.05) is 0 Å². The highest BCUT2D eigenvalue weighted by atomic mass is 19.1. The zero-order chi connectivity index (χ0) is 14.5. The van der Waals surface area contributed by atoms with Crippen molar-refractivity contribution in [2.45, 2.75) is 13.3 Å². The van der Waals surface area contributed by atoms with Gasteiger partial charge in [-0.2, -0.15) is 0 Å². The van der Waals surface area contributed by atoms with Crippen LogP contribution in [0, 0.1) is 5.82 Å². The van der Waals surface area contributed by atoms with Crippen LogP contribution in [-0.4, -0.2) is 47.9 Å². The molecule has 1 aliphatic heterocycles. The molecule has 2 N–H and O–H groups in total. The number of carbonyl (C=O) groups is 2. The van der Waals surface area contributed by atoms with Crippen molar-refractivity contribution < 1.29 is 14.0 Å². The van der Waals surface area contributed by atoms with Crippen molar-refractivity contribution in [2.24, 2.45) is 0 Å². The minimum atomic E-state index is -0.650. The fraction of sp³-hybridized carbons (Fsp3) is 0.462. The molecule has 1 saturated heterocycles. The molecule has 1 aromatic rings. The van der Waals surface area contributed by atoms with E-state index in [9.17, 15) is 14.0 Å². The largest absolute Gasteiger partial charge is 0.368 e. The van der Waals surface area contributed by atoms with Crippen LogP contribution >= 0.6 is 0 Å². The summed E-state index contributed by atoms with van der Waals surface area (Å²) in [5.74, 6) is -1.09. The Labute approximate surface area is 116 Å². The molecule has 108 valence electrons. The standard InChI is InChI=1S/C13H17FN4O2/c1-2-15-12-11(14)9(3-5-17-12)13(20)18-7-4-10(19)16-6-8-18/h3,5H,2,4,6-8H2,1H3,(H,15,17)(H,16,19). The summed E-state index contributed by atoms with van der Waals surface area (Å²) in [6, 6.07) is 1.36. The van der Waals surface area contributed by atoms with Gasteiger partial charge in [-0.25, -0.2) is 9.37 Å². The van der Waals surface area contributed by atoms with E-state index >= 15 is 0 Å². The molecule has 20 heavy (non-hydrogen) atoms. The highest BCUT2D eigenvalue weighted by Gasteiger charge is 2.23. The number of aromatic nitrogens is 1. The zero-order valence-corrected chi connectivity index (χ0v) is 11.3. The average Bonchev–Trinajstić information content (AvgIpc) is 2.65. The van der Waals surface area contributed by atoms with Gasteiger partial charge in [-0.15, -0.1) is 0 Å². The Balaban J connectivity index is 2.20. The van der Waals surface area contributed by atoms with Gasteiger partial charge in [-0.05, 0) is 13.0 Å². The number of rotatable bonds is 3. The van der Waals surface area contributed by atoms with Crippen LogP contribution in [0.1, 0.15) is 23.7 Å². The lowest BCUT2D eigenvalue weighted by molar-refractivity contribution is -0.120. The summed E-state index contributed by atoms with van der Waals surface area (Å²) in [7, 11) is 0. The van der Waals surface area contributed by atoms with E-state index in [1.54, 1.807) is 0 Å². The first-order valence-corrected chi connectivity index (χ1v) is 6.57. The zero-order valence-electron chi connectivity index (χ0n) is 11.3.